The van der Waals surface area contributed by atoms with Crippen molar-refractivity contribution < 1.29 is 14.5 Å². The molecule has 0 aromatic heterocycles. The number of thioether (sulfide) groups is 1. The number of carbonyl (C=O) groups excluding carboxylic acids is 2. The number of nitro groups is 1. The van der Waals surface area contributed by atoms with Crippen LogP contribution in [0.4, 0.5) is 10.5 Å². The van der Waals surface area contributed by atoms with Gasteiger partial charge in [-0.2, -0.15) is 0 Å². The molecule has 1 atom stereocenters. The zero-order chi connectivity index (χ0) is 16.8. The highest BCUT2D eigenvalue weighted by Crippen LogP contribution is 2.48. The van der Waals surface area contributed by atoms with Crippen molar-refractivity contribution >= 4 is 34.2 Å². The van der Waals surface area contributed by atoms with E-state index in [1.807, 2.05) is 6.07 Å². The number of hydrogen-bond donors (Lipinski definition) is 1. The minimum absolute atomic E-state index is 0.0285. The highest BCUT2D eigenvalue weighted by atomic mass is 32.2. The van der Waals surface area contributed by atoms with Gasteiger partial charge in [-0.05, 0) is 5.56 Å². The molecule has 0 saturated heterocycles. The van der Waals surface area contributed by atoms with Crippen LogP contribution >= 0.6 is 11.8 Å². The van der Waals surface area contributed by atoms with Gasteiger partial charge in [0.1, 0.15) is 0 Å². The molecule has 0 spiro atoms. The van der Waals surface area contributed by atoms with Gasteiger partial charge in [0, 0.05) is 28.8 Å². The van der Waals surface area contributed by atoms with Crippen LogP contribution in [0.25, 0.3) is 5.70 Å². The minimum Gasteiger partial charge on any atom is -0.316 e. The topological polar surface area (TPSA) is 89.3 Å². The first-order valence-electron chi connectivity index (χ1n) is 7.16. The second kappa shape index (κ2) is 5.31. The molecule has 2 aromatic rings. The Hall–Kier alpha value is -2.93. The zero-order valence-corrected chi connectivity index (χ0v) is 13.0. The quantitative estimate of drug-likeness (QED) is 0.666. The van der Waals surface area contributed by atoms with Gasteiger partial charge in [0.2, 0.25) is 0 Å². The molecule has 0 bridgehead atoms. The molecule has 2 aliphatic rings. The maximum absolute atomic E-state index is 12.8. The number of rotatable bonds is 2. The number of fused-ring (bicyclic) bond motifs is 2. The van der Waals surface area contributed by atoms with Crippen LogP contribution < -0.4 is 5.32 Å². The average Bonchev–Trinajstić information content (AvgIpc) is 2.87. The van der Waals surface area contributed by atoms with E-state index in [2.05, 4.69) is 5.32 Å². The lowest BCUT2D eigenvalue weighted by Crippen LogP contribution is -2.25. The van der Waals surface area contributed by atoms with Crippen molar-refractivity contribution in [1.29, 1.82) is 0 Å². The summed E-state index contributed by atoms with van der Waals surface area (Å²) in [5.74, 6) is -0.114. The van der Waals surface area contributed by atoms with Gasteiger partial charge in [0.25, 0.3) is 10.9 Å². The Morgan fingerprint density at radius 1 is 1.00 bits per heavy atom. The predicted molar refractivity (Wildman–Crippen MR) is 89.7 cm³/mol. The number of benzene rings is 2. The van der Waals surface area contributed by atoms with Gasteiger partial charge in [0.05, 0.1) is 15.9 Å². The highest BCUT2D eigenvalue weighted by molar-refractivity contribution is 8.14. The number of ketones is 1. The first-order valence-corrected chi connectivity index (χ1v) is 8.04. The normalized spacial score (nSPS) is 18.9. The van der Waals surface area contributed by atoms with Crippen molar-refractivity contribution in [1.82, 2.24) is 5.32 Å². The summed E-state index contributed by atoms with van der Waals surface area (Å²) in [6, 6.07) is 13.1. The van der Waals surface area contributed by atoms with Crippen molar-refractivity contribution in [3.05, 3.63) is 80.9 Å². The van der Waals surface area contributed by atoms with E-state index in [4.69, 9.17) is 0 Å². The fourth-order valence-electron chi connectivity index (χ4n) is 2.99. The summed E-state index contributed by atoms with van der Waals surface area (Å²) in [5.41, 5.74) is 3.01. The monoisotopic (exact) mass is 338 g/mol. The largest absolute Gasteiger partial charge is 0.316 e. The first-order chi connectivity index (χ1) is 11.6. The Morgan fingerprint density at radius 2 is 1.67 bits per heavy atom. The number of nitro benzene ring substituents is 1. The lowest BCUT2D eigenvalue weighted by Gasteiger charge is -2.23. The van der Waals surface area contributed by atoms with Crippen molar-refractivity contribution in [2.45, 2.75) is 5.25 Å². The van der Waals surface area contributed by atoms with Crippen molar-refractivity contribution in [3.8, 4) is 0 Å². The molecule has 1 amide bonds. The third-order valence-corrected chi connectivity index (χ3v) is 5.14. The van der Waals surface area contributed by atoms with Crippen LogP contribution in [0.1, 0.15) is 26.7 Å². The lowest BCUT2D eigenvalue weighted by molar-refractivity contribution is -0.384. The molecular formula is C17H10N2O4S. The van der Waals surface area contributed by atoms with Gasteiger partial charge in [-0.25, -0.2) is 0 Å². The average molecular weight is 338 g/mol. The van der Waals surface area contributed by atoms with E-state index < -0.39 is 10.2 Å². The summed E-state index contributed by atoms with van der Waals surface area (Å²) < 4.78 is 0. The van der Waals surface area contributed by atoms with Crippen molar-refractivity contribution in [2.24, 2.45) is 0 Å². The van der Waals surface area contributed by atoms with E-state index in [9.17, 15) is 19.7 Å². The predicted octanol–water partition coefficient (Wildman–Crippen LogP) is 3.70. The van der Waals surface area contributed by atoms with Gasteiger partial charge < -0.3 is 5.32 Å². The second-order valence-corrected chi connectivity index (χ2v) is 6.50. The highest BCUT2D eigenvalue weighted by Gasteiger charge is 2.40. The van der Waals surface area contributed by atoms with Gasteiger partial charge in [-0.3, -0.25) is 19.7 Å². The number of amides is 1. The Morgan fingerprint density at radius 3 is 2.33 bits per heavy atom. The summed E-state index contributed by atoms with van der Waals surface area (Å²) in [6.07, 6.45) is 0. The molecule has 6 nitrogen and oxygen atoms in total. The Bertz CT molecular complexity index is 934. The molecule has 24 heavy (non-hydrogen) atoms. The zero-order valence-electron chi connectivity index (χ0n) is 12.2. The molecule has 1 unspecified atom stereocenters. The molecule has 0 fully saturated rings. The molecule has 4 rings (SSSR count). The van der Waals surface area contributed by atoms with Gasteiger partial charge >= 0.3 is 0 Å². The Kier molecular flexibility index (Phi) is 3.24. The van der Waals surface area contributed by atoms with Gasteiger partial charge in [-0.15, -0.1) is 0 Å². The number of nitrogens with one attached hydrogen (secondary N) is 1. The van der Waals surface area contributed by atoms with Crippen molar-refractivity contribution in [2.75, 3.05) is 0 Å². The number of carbonyl (C=O) groups is 2. The Labute approximate surface area is 140 Å². The maximum Gasteiger partial charge on any atom is 0.284 e. The smallest absolute Gasteiger partial charge is 0.284 e. The number of Topliss-reactive ketones (excluding diaryl/α,β-unsaturated/α-hetero) is 1. The number of nitrogens with zero attached hydrogens (tertiary/aromatic N) is 1. The van der Waals surface area contributed by atoms with E-state index in [0.717, 1.165) is 17.3 Å². The summed E-state index contributed by atoms with van der Waals surface area (Å²) in [6.45, 7) is 0. The molecule has 0 saturated carbocycles. The molecule has 1 aliphatic heterocycles. The van der Waals surface area contributed by atoms with Crippen molar-refractivity contribution in [3.63, 3.8) is 0 Å². The fraction of sp³-hybridized carbons (Fsp3) is 0.0588. The molecule has 118 valence electrons. The van der Waals surface area contributed by atoms with E-state index in [0.29, 0.717) is 22.4 Å². The van der Waals surface area contributed by atoms with E-state index >= 15 is 0 Å². The third-order valence-electron chi connectivity index (χ3n) is 4.08. The van der Waals surface area contributed by atoms with Crippen LogP contribution in [-0.4, -0.2) is 15.9 Å². The molecule has 1 aliphatic carbocycles. The third kappa shape index (κ3) is 2.13. The molecule has 1 N–H and O–H groups in total. The molecular weight excluding hydrogens is 328 g/mol. The van der Waals surface area contributed by atoms with Crippen LogP contribution in [0.3, 0.4) is 0 Å². The van der Waals surface area contributed by atoms with Crippen LogP contribution in [0.5, 0.6) is 0 Å². The Balaban J connectivity index is 1.82. The fourth-order valence-corrected chi connectivity index (χ4v) is 4.00. The summed E-state index contributed by atoms with van der Waals surface area (Å²) >= 11 is 1.01. The molecule has 1 heterocycles. The van der Waals surface area contributed by atoms with E-state index in [1.54, 1.807) is 30.3 Å². The van der Waals surface area contributed by atoms with Gasteiger partial charge in [-0.1, -0.05) is 48.2 Å². The van der Waals surface area contributed by atoms with E-state index in [1.165, 1.54) is 12.1 Å². The second-order valence-electron chi connectivity index (χ2n) is 5.42. The standard InChI is InChI=1S/C17H10N2O4S/c20-15-12-4-2-1-3-11(12)14-13(15)16(24-17(21)18-14)9-5-7-10(8-6-9)19(22)23/h1-8,16H,(H,18,21). The maximum atomic E-state index is 12.8. The van der Waals surface area contributed by atoms with Gasteiger partial charge in [0.15, 0.2) is 5.78 Å². The molecule has 7 heteroatoms. The van der Waals surface area contributed by atoms with Crippen LogP contribution in [0.2, 0.25) is 0 Å². The molecule has 2 aromatic carbocycles. The van der Waals surface area contributed by atoms with Crippen LogP contribution in [-0.2, 0) is 0 Å². The summed E-state index contributed by atoms with van der Waals surface area (Å²) in [5, 5.41) is 12.8. The number of non-ortho nitro benzene ring substituents is 1. The number of hydrogen-bond acceptors (Lipinski definition) is 5. The molecule has 0 radical (unpaired) electrons. The van der Waals surface area contributed by atoms with Crippen LogP contribution in [0.15, 0.2) is 54.1 Å². The summed E-state index contributed by atoms with van der Waals surface area (Å²) in [7, 11) is 0. The van der Waals surface area contributed by atoms with Crippen LogP contribution in [0, 0.1) is 10.1 Å². The minimum atomic E-state index is -0.480. The summed E-state index contributed by atoms with van der Waals surface area (Å²) in [4.78, 5) is 35.2. The SMILES string of the molecule is O=C1NC2=C(C(=O)c3ccccc32)C(c2ccc([N+](=O)[O-])cc2)S1. The first kappa shape index (κ1) is 14.6. The lowest BCUT2D eigenvalue weighted by atomic mass is 10.0. The van der Waals surface area contributed by atoms with E-state index in [-0.39, 0.29) is 16.7 Å².